The Labute approximate surface area is 148 Å². The van der Waals surface area contributed by atoms with Crippen molar-refractivity contribution in [1.82, 2.24) is 24.9 Å². The molecule has 0 atom stereocenters. The molecule has 132 valence electrons. The third-order valence-electron chi connectivity index (χ3n) is 5.75. The summed E-state index contributed by atoms with van der Waals surface area (Å²) in [4.78, 5) is 19.4. The van der Waals surface area contributed by atoms with Gasteiger partial charge < -0.3 is 4.90 Å². The van der Waals surface area contributed by atoms with Crippen LogP contribution >= 0.6 is 0 Å². The maximum atomic E-state index is 13.2. The first kappa shape index (κ1) is 16.2. The number of nitrogens with zero attached hydrogens (tertiary/aromatic N) is 5. The first-order valence-electron chi connectivity index (χ1n) is 9.43. The Morgan fingerprint density at radius 2 is 1.80 bits per heavy atom. The number of piperidine rings is 1. The molecule has 0 bridgehead atoms. The van der Waals surface area contributed by atoms with Gasteiger partial charge in [0.2, 0.25) is 0 Å². The van der Waals surface area contributed by atoms with Gasteiger partial charge in [0.15, 0.2) is 5.69 Å². The molecule has 1 aliphatic heterocycles. The van der Waals surface area contributed by atoms with Crippen molar-refractivity contribution in [2.75, 3.05) is 6.54 Å². The second-order valence-corrected chi connectivity index (χ2v) is 7.31. The van der Waals surface area contributed by atoms with Crippen molar-refractivity contribution >= 4 is 5.91 Å². The van der Waals surface area contributed by atoms with Gasteiger partial charge in [-0.05, 0) is 44.2 Å². The SMILES string of the molecule is O=C(c1cn(-c2cccnc2)nn1)N1CCCCC12CCCCCC2. The smallest absolute Gasteiger partial charge is 0.276 e. The van der Waals surface area contributed by atoms with Crippen molar-refractivity contribution in [3.63, 3.8) is 0 Å². The van der Waals surface area contributed by atoms with E-state index in [9.17, 15) is 4.79 Å². The van der Waals surface area contributed by atoms with E-state index >= 15 is 0 Å². The Hall–Kier alpha value is -2.24. The van der Waals surface area contributed by atoms with Gasteiger partial charge >= 0.3 is 0 Å². The molecule has 2 fully saturated rings. The summed E-state index contributed by atoms with van der Waals surface area (Å²) < 4.78 is 1.63. The normalized spacial score (nSPS) is 20.4. The summed E-state index contributed by atoms with van der Waals surface area (Å²) in [6.07, 6.45) is 15.9. The van der Waals surface area contributed by atoms with Gasteiger partial charge in [-0.2, -0.15) is 0 Å². The topological polar surface area (TPSA) is 63.9 Å². The van der Waals surface area contributed by atoms with E-state index in [1.807, 2.05) is 12.1 Å². The van der Waals surface area contributed by atoms with Crippen LogP contribution in [0.2, 0.25) is 0 Å². The van der Waals surface area contributed by atoms with Gasteiger partial charge in [-0.3, -0.25) is 9.78 Å². The fourth-order valence-corrected chi connectivity index (χ4v) is 4.44. The fraction of sp³-hybridized carbons (Fsp3) is 0.579. The third kappa shape index (κ3) is 3.17. The van der Waals surface area contributed by atoms with Crippen LogP contribution in [0.5, 0.6) is 0 Å². The second-order valence-electron chi connectivity index (χ2n) is 7.31. The number of aromatic nitrogens is 4. The summed E-state index contributed by atoms with van der Waals surface area (Å²) in [5.41, 5.74) is 1.30. The first-order chi connectivity index (χ1) is 12.3. The highest BCUT2D eigenvalue weighted by Gasteiger charge is 2.42. The summed E-state index contributed by atoms with van der Waals surface area (Å²) in [5, 5.41) is 8.30. The number of hydrogen-bond donors (Lipinski definition) is 0. The van der Waals surface area contributed by atoms with Crippen molar-refractivity contribution in [1.29, 1.82) is 0 Å². The van der Waals surface area contributed by atoms with Gasteiger partial charge in [-0.25, -0.2) is 4.68 Å². The molecule has 25 heavy (non-hydrogen) atoms. The molecule has 0 aromatic carbocycles. The molecule has 0 N–H and O–H groups in total. The van der Waals surface area contributed by atoms with Crippen molar-refractivity contribution in [3.8, 4) is 5.69 Å². The predicted molar refractivity (Wildman–Crippen MR) is 94.5 cm³/mol. The van der Waals surface area contributed by atoms with Crippen LogP contribution in [0.25, 0.3) is 5.69 Å². The lowest BCUT2D eigenvalue weighted by Crippen LogP contribution is -2.54. The van der Waals surface area contributed by atoms with Gasteiger partial charge in [0.05, 0.1) is 18.1 Å². The Kier molecular flexibility index (Phi) is 4.51. The summed E-state index contributed by atoms with van der Waals surface area (Å²) in [5.74, 6) is 0.0386. The monoisotopic (exact) mass is 339 g/mol. The van der Waals surface area contributed by atoms with Gasteiger partial charge in [-0.1, -0.05) is 30.9 Å². The summed E-state index contributed by atoms with van der Waals surface area (Å²) in [7, 11) is 0. The summed E-state index contributed by atoms with van der Waals surface area (Å²) in [6.45, 7) is 0.846. The molecule has 1 spiro atoms. The van der Waals surface area contributed by atoms with E-state index in [0.717, 1.165) is 37.9 Å². The van der Waals surface area contributed by atoms with Gasteiger partial charge in [0.25, 0.3) is 5.91 Å². The number of carbonyl (C=O) groups excluding carboxylic acids is 1. The highest BCUT2D eigenvalue weighted by molar-refractivity contribution is 5.92. The highest BCUT2D eigenvalue weighted by Crippen LogP contribution is 2.40. The fourth-order valence-electron chi connectivity index (χ4n) is 4.44. The Morgan fingerprint density at radius 1 is 1.04 bits per heavy atom. The molecule has 2 aromatic rings. The Balaban J connectivity index is 1.59. The standard InChI is InChI=1S/C19H25N5O/c25-18(17-15-24(22-21-17)16-8-7-12-20-14-16)23-13-6-5-11-19(23)9-3-1-2-4-10-19/h7-8,12,14-15H,1-6,9-11,13H2. The van der Waals surface area contributed by atoms with Crippen molar-refractivity contribution < 1.29 is 4.79 Å². The van der Waals surface area contributed by atoms with Gasteiger partial charge in [0, 0.05) is 18.3 Å². The third-order valence-corrected chi connectivity index (χ3v) is 5.75. The lowest BCUT2D eigenvalue weighted by Gasteiger charge is -2.47. The number of hydrogen-bond acceptors (Lipinski definition) is 4. The minimum absolute atomic E-state index is 0.0386. The molecule has 6 heteroatoms. The molecule has 1 amide bonds. The van der Waals surface area contributed by atoms with E-state index in [2.05, 4.69) is 20.2 Å². The van der Waals surface area contributed by atoms with E-state index in [1.54, 1.807) is 23.3 Å². The van der Waals surface area contributed by atoms with Gasteiger partial charge in [-0.15, -0.1) is 5.10 Å². The number of amides is 1. The lowest BCUT2D eigenvalue weighted by molar-refractivity contribution is 0.0242. The van der Waals surface area contributed by atoms with E-state index in [0.29, 0.717) is 5.69 Å². The zero-order valence-electron chi connectivity index (χ0n) is 14.6. The van der Waals surface area contributed by atoms with Crippen LogP contribution < -0.4 is 0 Å². The highest BCUT2D eigenvalue weighted by atomic mass is 16.2. The zero-order chi connectivity index (χ0) is 17.1. The Morgan fingerprint density at radius 3 is 2.52 bits per heavy atom. The molecule has 1 saturated carbocycles. The van der Waals surface area contributed by atoms with Crippen molar-refractivity contribution in [2.45, 2.75) is 63.3 Å². The summed E-state index contributed by atoms with van der Waals surface area (Å²) in [6, 6.07) is 3.76. The zero-order valence-corrected chi connectivity index (χ0v) is 14.6. The van der Waals surface area contributed by atoms with E-state index in [1.165, 1.54) is 32.1 Å². The molecular weight excluding hydrogens is 314 g/mol. The number of pyridine rings is 1. The average molecular weight is 339 g/mol. The van der Waals surface area contributed by atoms with Crippen molar-refractivity contribution in [3.05, 3.63) is 36.4 Å². The molecule has 6 nitrogen and oxygen atoms in total. The maximum Gasteiger partial charge on any atom is 0.276 e. The summed E-state index contributed by atoms with van der Waals surface area (Å²) >= 11 is 0. The number of rotatable bonds is 2. The quantitative estimate of drug-likeness (QED) is 0.841. The van der Waals surface area contributed by atoms with Crippen LogP contribution in [0.3, 0.4) is 0 Å². The van der Waals surface area contributed by atoms with Crippen LogP contribution in [-0.2, 0) is 0 Å². The van der Waals surface area contributed by atoms with E-state index in [-0.39, 0.29) is 11.4 Å². The molecule has 1 aliphatic carbocycles. The number of likely N-dealkylation sites (tertiary alicyclic amines) is 1. The van der Waals surface area contributed by atoms with Crippen molar-refractivity contribution in [2.24, 2.45) is 0 Å². The van der Waals surface area contributed by atoms with Crippen LogP contribution in [0.4, 0.5) is 0 Å². The lowest BCUT2D eigenvalue weighted by atomic mass is 9.80. The predicted octanol–water partition coefficient (Wildman–Crippen LogP) is 3.38. The molecule has 0 radical (unpaired) electrons. The molecule has 1 saturated heterocycles. The molecule has 3 heterocycles. The second kappa shape index (κ2) is 6.94. The number of carbonyl (C=O) groups is 1. The van der Waals surface area contributed by atoms with E-state index in [4.69, 9.17) is 0 Å². The average Bonchev–Trinajstić information content (AvgIpc) is 3.05. The molecule has 4 rings (SSSR count). The van der Waals surface area contributed by atoms with Crippen LogP contribution in [-0.4, -0.2) is 42.9 Å². The molecular formula is C19H25N5O. The minimum Gasteiger partial charge on any atom is -0.332 e. The van der Waals surface area contributed by atoms with Gasteiger partial charge in [0.1, 0.15) is 0 Å². The van der Waals surface area contributed by atoms with Crippen LogP contribution in [0.1, 0.15) is 68.3 Å². The van der Waals surface area contributed by atoms with Crippen LogP contribution in [0.15, 0.2) is 30.7 Å². The minimum atomic E-state index is 0.0386. The maximum absolute atomic E-state index is 13.2. The first-order valence-corrected chi connectivity index (χ1v) is 9.43. The molecule has 2 aliphatic rings. The van der Waals surface area contributed by atoms with E-state index < -0.39 is 0 Å². The van der Waals surface area contributed by atoms with Crippen LogP contribution in [0, 0.1) is 0 Å². The molecule has 0 unspecified atom stereocenters. The largest absolute Gasteiger partial charge is 0.332 e. The molecule has 2 aromatic heterocycles. The Bertz CT molecular complexity index is 718.